The highest BCUT2D eigenvalue weighted by Gasteiger charge is 2.16. The average molecular weight is 518 g/mol. The van der Waals surface area contributed by atoms with Crippen molar-refractivity contribution in [3.8, 4) is 0 Å². The number of hydrogen-bond donors (Lipinski definition) is 5. The van der Waals surface area contributed by atoms with Crippen molar-refractivity contribution in [1.82, 2.24) is 25.4 Å². The van der Waals surface area contributed by atoms with Gasteiger partial charge in [-0.25, -0.2) is 18.9 Å². The summed E-state index contributed by atoms with van der Waals surface area (Å²) >= 11 is 0. The van der Waals surface area contributed by atoms with Crippen LogP contribution in [0.3, 0.4) is 0 Å². The molecule has 0 aliphatic rings. The van der Waals surface area contributed by atoms with E-state index in [-0.39, 0.29) is 23.1 Å². The van der Waals surface area contributed by atoms with Crippen LogP contribution in [0.4, 0.5) is 17.5 Å². The summed E-state index contributed by atoms with van der Waals surface area (Å²) in [7, 11) is -3.41. The number of aromatic nitrogens is 4. The van der Waals surface area contributed by atoms with Crippen LogP contribution in [0.15, 0.2) is 35.5 Å². The minimum atomic E-state index is -3.41. The van der Waals surface area contributed by atoms with E-state index < -0.39 is 15.7 Å². The zero-order valence-electron chi connectivity index (χ0n) is 20.7. The SMILES string of the molecule is CCCC(CC)Nc1nc(Nc2ccc(S(=O)(=O)CCCCCCC(=O)NO)cc2)nc2nc[nH]c12. The number of anilines is 3. The van der Waals surface area contributed by atoms with Gasteiger partial charge in [0, 0.05) is 18.2 Å². The largest absolute Gasteiger partial charge is 0.365 e. The van der Waals surface area contributed by atoms with E-state index in [1.165, 1.54) is 0 Å². The Morgan fingerprint density at radius 3 is 2.53 bits per heavy atom. The number of carbonyl (C=O) groups is 1. The molecule has 3 rings (SSSR count). The van der Waals surface area contributed by atoms with Crippen LogP contribution in [0.2, 0.25) is 0 Å². The van der Waals surface area contributed by atoms with Crippen molar-refractivity contribution in [3.05, 3.63) is 30.6 Å². The predicted octanol–water partition coefficient (Wildman–Crippen LogP) is 4.32. The van der Waals surface area contributed by atoms with Crippen molar-refractivity contribution < 1.29 is 18.4 Å². The van der Waals surface area contributed by atoms with E-state index in [0.29, 0.717) is 42.4 Å². The number of amides is 1. The first kappa shape index (κ1) is 27.3. The summed E-state index contributed by atoms with van der Waals surface area (Å²) < 4.78 is 25.3. The van der Waals surface area contributed by atoms with E-state index in [0.717, 1.165) is 31.2 Å². The summed E-state index contributed by atoms with van der Waals surface area (Å²) in [6.45, 7) is 4.28. The number of fused-ring (bicyclic) bond motifs is 1. The zero-order valence-corrected chi connectivity index (χ0v) is 21.6. The van der Waals surface area contributed by atoms with E-state index >= 15 is 0 Å². The van der Waals surface area contributed by atoms with Crippen molar-refractivity contribution in [1.29, 1.82) is 0 Å². The number of nitrogens with one attached hydrogen (secondary N) is 4. The molecule has 0 bridgehead atoms. The first-order valence-corrected chi connectivity index (χ1v) is 14.0. The number of rotatable bonds is 15. The monoisotopic (exact) mass is 517 g/mol. The number of carbonyl (C=O) groups excluding carboxylic acids is 1. The molecule has 0 spiro atoms. The van der Waals surface area contributed by atoms with Gasteiger partial charge in [-0.15, -0.1) is 0 Å². The molecule has 1 aromatic carbocycles. The molecule has 11 nitrogen and oxygen atoms in total. The molecule has 0 aliphatic carbocycles. The van der Waals surface area contributed by atoms with Crippen LogP contribution >= 0.6 is 0 Å². The topological polar surface area (TPSA) is 162 Å². The van der Waals surface area contributed by atoms with Gasteiger partial charge in [-0.1, -0.05) is 33.1 Å². The fraction of sp³-hybridized carbons (Fsp3) is 0.500. The molecule has 2 heterocycles. The van der Waals surface area contributed by atoms with Gasteiger partial charge in [0.05, 0.1) is 17.0 Å². The number of nitrogens with zero attached hydrogens (tertiary/aromatic N) is 3. The minimum absolute atomic E-state index is 0.0380. The van der Waals surface area contributed by atoms with Crippen molar-refractivity contribution in [2.24, 2.45) is 0 Å². The molecule has 196 valence electrons. The highest BCUT2D eigenvalue weighted by atomic mass is 32.2. The number of aromatic amines is 1. The summed E-state index contributed by atoms with van der Waals surface area (Å²) in [5.74, 6) is 0.654. The van der Waals surface area contributed by atoms with Gasteiger partial charge in [0.2, 0.25) is 11.9 Å². The lowest BCUT2D eigenvalue weighted by molar-refractivity contribution is -0.129. The molecule has 1 unspecified atom stereocenters. The Hall–Kier alpha value is -3.25. The fourth-order valence-electron chi connectivity index (χ4n) is 3.89. The van der Waals surface area contributed by atoms with Crippen LogP contribution in [-0.4, -0.2) is 51.3 Å². The average Bonchev–Trinajstić information content (AvgIpc) is 3.35. The van der Waals surface area contributed by atoms with E-state index in [4.69, 9.17) is 5.21 Å². The molecule has 36 heavy (non-hydrogen) atoms. The molecular weight excluding hydrogens is 482 g/mol. The first-order valence-electron chi connectivity index (χ1n) is 12.4. The van der Waals surface area contributed by atoms with E-state index in [2.05, 4.69) is 44.4 Å². The summed E-state index contributed by atoms with van der Waals surface area (Å²) in [6, 6.07) is 6.82. The van der Waals surface area contributed by atoms with E-state index in [1.54, 1.807) is 36.1 Å². The van der Waals surface area contributed by atoms with Crippen molar-refractivity contribution in [2.75, 3.05) is 16.4 Å². The normalized spacial score (nSPS) is 12.4. The molecule has 3 aromatic rings. The van der Waals surface area contributed by atoms with Gasteiger partial charge in [-0.3, -0.25) is 10.0 Å². The second-order valence-corrected chi connectivity index (χ2v) is 10.8. The number of sulfone groups is 1. The fourth-order valence-corrected chi connectivity index (χ4v) is 5.26. The van der Waals surface area contributed by atoms with E-state index in [9.17, 15) is 13.2 Å². The lowest BCUT2D eigenvalue weighted by atomic mass is 10.1. The van der Waals surface area contributed by atoms with Gasteiger partial charge in [0.1, 0.15) is 5.52 Å². The lowest BCUT2D eigenvalue weighted by Crippen LogP contribution is -2.19. The van der Waals surface area contributed by atoms with Gasteiger partial charge in [0.15, 0.2) is 21.3 Å². The quantitative estimate of drug-likeness (QED) is 0.112. The van der Waals surface area contributed by atoms with Crippen LogP contribution < -0.4 is 16.1 Å². The molecule has 1 amide bonds. The van der Waals surface area contributed by atoms with Gasteiger partial charge < -0.3 is 15.6 Å². The molecule has 0 radical (unpaired) electrons. The summed E-state index contributed by atoms with van der Waals surface area (Å²) in [6.07, 6.45) is 7.39. The Balaban J connectivity index is 1.62. The number of H-pyrrole nitrogens is 1. The maximum atomic E-state index is 12.7. The van der Waals surface area contributed by atoms with Gasteiger partial charge >= 0.3 is 0 Å². The number of unbranched alkanes of at least 4 members (excludes halogenated alkanes) is 3. The minimum Gasteiger partial charge on any atom is -0.365 e. The zero-order chi connectivity index (χ0) is 26.0. The molecule has 1 atom stereocenters. The number of imidazole rings is 1. The van der Waals surface area contributed by atoms with Crippen LogP contribution in [0.1, 0.15) is 65.2 Å². The van der Waals surface area contributed by atoms with Crippen LogP contribution in [0, 0.1) is 0 Å². The Morgan fingerprint density at radius 1 is 1.08 bits per heavy atom. The van der Waals surface area contributed by atoms with Gasteiger partial charge in [-0.05, 0) is 49.9 Å². The molecule has 2 aromatic heterocycles. The Bertz CT molecular complexity index is 1230. The van der Waals surface area contributed by atoms with Crippen molar-refractivity contribution >= 4 is 44.4 Å². The molecule has 0 saturated heterocycles. The third-order valence-corrected chi connectivity index (χ3v) is 7.73. The Kier molecular flexibility index (Phi) is 10.00. The Labute approximate surface area is 211 Å². The third kappa shape index (κ3) is 7.62. The smallest absolute Gasteiger partial charge is 0.243 e. The molecule has 0 saturated carbocycles. The van der Waals surface area contributed by atoms with Crippen molar-refractivity contribution in [2.45, 2.75) is 76.2 Å². The van der Waals surface area contributed by atoms with Crippen LogP contribution in [-0.2, 0) is 14.6 Å². The summed E-state index contributed by atoms with van der Waals surface area (Å²) in [4.78, 5) is 27.7. The number of benzene rings is 1. The standard InChI is InChI=1S/C24H35N7O4S/c1-3-9-17(4-2)27-23-21-22(26-16-25-21)29-24(30-23)28-18-11-13-19(14-12-18)36(34,35)15-8-6-5-7-10-20(32)31-33/h11-14,16-17,33H,3-10,15H2,1-2H3,(H,31,32)(H3,25,26,27,28,29,30). The number of hydroxylamine groups is 1. The molecule has 0 fully saturated rings. The highest BCUT2D eigenvalue weighted by molar-refractivity contribution is 7.91. The second kappa shape index (κ2) is 13.2. The summed E-state index contributed by atoms with van der Waals surface area (Å²) in [5, 5.41) is 15.1. The lowest BCUT2D eigenvalue weighted by Gasteiger charge is -2.17. The Morgan fingerprint density at radius 2 is 1.83 bits per heavy atom. The second-order valence-electron chi connectivity index (χ2n) is 8.70. The third-order valence-electron chi connectivity index (χ3n) is 5.92. The van der Waals surface area contributed by atoms with Crippen LogP contribution in [0.5, 0.6) is 0 Å². The predicted molar refractivity (Wildman–Crippen MR) is 139 cm³/mol. The van der Waals surface area contributed by atoms with Crippen molar-refractivity contribution in [3.63, 3.8) is 0 Å². The first-order chi connectivity index (χ1) is 17.4. The highest BCUT2D eigenvalue weighted by Crippen LogP contribution is 2.24. The molecule has 0 aliphatic heterocycles. The van der Waals surface area contributed by atoms with Crippen LogP contribution in [0.25, 0.3) is 11.2 Å². The molecule has 12 heteroatoms. The van der Waals surface area contributed by atoms with Gasteiger partial charge in [-0.2, -0.15) is 9.97 Å². The maximum absolute atomic E-state index is 12.7. The number of hydrogen-bond acceptors (Lipinski definition) is 9. The van der Waals surface area contributed by atoms with Gasteiger partial charge in [0.25, 0.3) is 0 Å². The van der Waals surface area contributed by atoms with E-state index in [1.807, 2.05) is 0 Å². The molecular formula is C24H35N7O4S. The summed E-state index contributed by atoms with van der Waals surface area (Å²) in [5.41, 5.74) is 3.54. The molecule has 5 N–H and O–H groups in total. The maximum Gasteiger partial charge on any atom is 0.243 e.